The van der Waals surface area contributed by atoms with Crippen LogP contribution in [0.4, 0.5) is 18.9 Å². The smallest absolute Gasteiger partial charge is 0.384 e. The largest absolute Gasteiger partial charge is 0.418 e. The standard InChI is InChI=1S/C16H15BrF3N/c1-11-4-2-3-5-12(11)8-9-21-15-7-6-13(17)10-14(15)16(18,19)20/h2-7,10,21H,8-9H2,1H3. The highest BCUT2D eigenvalue weighted by Crippen LogP contribution is 2.36. The van der Waals surface area contributed by atoms with Crippen LogP contribution in [0.15, 0.2) is 46.9 Å². The number of halogens is 4. The number of benzene rings is 2. The molecule has 0 aromatic heterocycles. The van der Waals surface area contributed by atoms with E-state index in [9.17, 15) is 13.2 Å². The number of alkyl halides is 3. The first-order valence-electron chi connectivity index (χ1n) is 6.53. The molecule has 0 heterocycles. The van der Waals surface area contributed by atoms with E-state index in [2.05, 4.69) is 21.2 Å². The maximum absolute atomic E-state index is 13.0. The molecule has 112 valence electrons. The molecule has 21 heavy (non-hydrogen) atoms. The number of rotatable bonds is 4. The Morgan fingerprint density at radius 1 is 1.10 bits per heavy atom. The molecule has 0 bridgehead atoms. The van der Waals surface area contributed by atoms with Crippen LogP contribution in [-0.4, -0.2) is 6.54 Å². The summed E-state index contributed by atoms with van der Waals surface area (Å²) in [7, 11) is 0. The molecule has 0 unspecified atom stereocenters. The van der Waals surface area contributed by atoms with Crippen LogP contribution in [0.3, 0.4) is 0 Å². The molecule has 0 aliphatic carbocycles. The van der Waals surface area contributed by atoms with Gasteiger partial charge in [-0.25, -0.2) is 0 Å². The van der Waals surface area contributed by atoms with Crippen LogP contribution in [0.25, 0.3) is 0 Å². The lowest BCUT2D eigenvalue weighted by molar-refractivity contribution is -0.137. The molecule has 0 aliphatic heterocycles. The monoisotopic (exact) mass is 357 g/mol. The molecule has 0 spiro atoms. The van der Waals surface area contributed by atoms with Crippen LogP contribution in [0.1, 0.15) is 16.7 Å². The predicted octanol–water partition coefficient (Wildman–Crippen LogP) is 5.43. The Balaban J connectivity index is 2.09. The Kier molecular flexibility index (Phi) is 4.93. The van der Waals surface area contributed by atoms with Crippen molar-refractivity contribution in [2.45, 2.75) is 19.5 Å². The SMILES string of the molecule is Cc1ccccc1CCNc1ccc(Br)cc1C(F)(F)F. The summed E-state index contributed by atoms with van der Waals surface area (Å²) in [6.45, 7) is 2.45. The lowest BCUT2D eigenvalue weighted by Gasteiger charge is -2.15. The summed E-state index contributed by atoms with van der Waals surface area (Å²) >= 11 is 3.08. The molecule has 0 amide bonds. The summed E-state index contributed by atoms with van der Waals surface area (Å²) in [6, 6.07) is 12.0. The average molecular weight is 358 g/mol. The highest BCUT2D eigenvalue weighted by molar-refractivity contribution is 9.10. The van der Waals surface area contributed by atoms with Crippen LogP contribution in [0, 0.1) is 6.92 Å². The van der Waals surface area contributed by atoms with Crippen molar-refractivity contribution in [3.05, 3.63) is 63.6 Å². The maximum atomic E-state index is 13.0. The number of hydrogen-bond acceptors (Lipinski definition) is 1. The molecular weight excluding hydrogens is 343 g/mol. The van der Waals surface area contributed by atoms with Gasteiger partial charge in [0.05, 0.1) is 5.56 Å². The quantitative estimate of drug-likeness (QED) is 0.768. The van der Waals surface area contributed by atoms with Crippen molar-refractivity contribution in [1.29, 1.82) is 0 Å². The molecule has 2 aromatic rings. The van der Waals surface area contributed by atoms with Crippen LogP contribution < -0.4 is 5.32 Å². The lowest BCUT2D eigenvalue weighted by Crippen LogP contribution is -2.13. The average Bonchev–Trinajstić information content (AvgIpc) is 2.41. The first-order valence-corrected chi connectivity index (χ1v) is 7.32. The molecule has 0 atom stereocenters. The molecule has 1 N–H and O–H groups in total. The third-order valence-electron chi connectivity index (χ3n) is 3.26. The zero-order chi connectivity index (χ0) is 15.5. The molecule has 2 rings (SSSR count). The normalized spacial score (nSPS) is 11.5. The number of hydrogen-bond donors (Lipinski definition) is 1. The Labute approximate surface area is 130 Å². The fourth-order valence-corrected chi connectivity index (χ4v) is 2.49. The summed E-state index contributed by atoms with van der Waals surface area (Å²) in [6.07, 6.45) is -3.69. The van der Waals surface area contributed by atoms with Crippen LogP contribution >= 0.6 is 15.9 Å². The van der Waals surface area contributed by atoms with Gasteiger partial charge in [0.1, 0.15) is 0 Å². The van der Waals surface area contributed by atoms with Gasteiger partial charge >= 0.3 is 6.18 Å². The minimum absolute atomic E-state index is 0.110. The van der Waals surface area contributed by atoms with Gasteiger partial charge in [0, 0.05) is 16.7 Å². The molecule has 2 aromatic carbocycles. The van der Waals surface area contributed by atoms with E-state index in [-0.39, 0.29) is 5.69 Å². The zero-order valence-electron chi connectivity index (χ0n) is 11.5. The maximum Gasteiger partial charge on any atom is 0.418 e. The highest BCUT2D eigenvalue weighted by Gasteiger charge is 2.33. The van der Waals surface area contributed by atoms with Crippen molar-refractivity contribution >= 4 is 21.6 Å². The van der Waals surface area contributed by atoms with Crippen molar-refractivity contribution in [1.82, 2.24) is 0 Å². The van der Waals surface area contributed by atoms with E-state index in [1.165, 1.54) is 6.07 Å². The van der Waals surface area contributed by atoms with E-state index < -0.39 is 11.7 Å². The van der Waals surface area contributed by atoms with Crippen molar-refractivity contribution in [3.8, 4) is 0 Å². The first-order chi connectivity index (χ1) is 9.88. The number of nitrogens with one attached hydrogen (secondary N) is 1. The molecule has 0 saturated carbocycles. The highest BCUT2D eigenvalue weighted by atomic mass is 79.9. The van der Waals surface area contributed by atoms with Crippen LogP contribution in [-0.2, 0) is 12.6 Å². The van der Waals surface area contributed by atoms with Gasteiger partial charge in [0.15, 0.2) is 0 Å². The zero-order valence-corrected chi connectivity index (χ0v) is 13.1. The van der Waals surface area contributed by atoms with E-state index >= 15 is 0 Å². The van der Waals surface area contributed by atoms with E-state index in [4.69, 9.17) is 0 Å². The van der Waals surface area contributed by atoms with Crippen LogP contribution in [0.5, 0.6) is 0 Å². The number of anilines is 1. The van der Waals surface area contributed by atoms with Gasteiger partial charge in [-0.1, -0.05) is 40.2 Å². The van der Waals surface area contributed by atoms with Crippen molar-refractivity contribution in [3.63, 3.8) is 0 Å². The second-order valence-electron chi connectivity index (χ2n) is 4.79. The molecular formula is C16H15BrF3N. The van der Waals surface area contributed by atoms with Gasteiger partial charge < -0.3 is 5.32 Å². The van der Waals surface area contributed by atoms with Gasteiger partial charge in [-0.3, -0.25) is 0 Å². The number of aryl methyl sites for hydroxylation is 1. The third kappa shape index (κ3) is 4.24. The molecule has 0 radical (unpaired) electrons. The summed E-state index contributed by atoms with van der Waals surface area (Å²) in [4.78, 5) is 0. The molecule has 0 saturated heterocycles. The van der Waals surface area contributed by atoms with Gasteiger partial charge in [-0.2, -0.15) is 13.2 Å². The summed E-state index contributed by atoms with van der Waals surface area (Å²) in [5.74, 6) is 0. The van der Waals surface area contributed by atoms with E-state index in [1.807, 2.05) is 31.2 Å². The van der Waals surface area contributed by atoms with Crippen molar-refractivity contribution < 1.29 is 13.2 Å². The lowest BCUT2D eigenvalue weighted by atomic mass is 10.1. The third-order valence-corrected chi connectivity index (χ3v) is 3.75. The predicted molar refractivity (Wildman–Crippen MR) is 82.5 cm³/mol. The Hall–Kier alpha value is -1.49. The van der Waals surface area contributed by atoms with Crippen molar-refractivity contribution in [2.24, 2.45) is 0 Å². The summed E-state index contributed by atoms with van der Waals surface area (Å²) in [5.41, 5.74) is 1.74. The minimum Gasteiger partial charge on any atom is -0.384 e. The van der Waals surface area contributed by atoms with Crippen LogP contribution in [0.2, 0.25) is 0 Å². The van der Waals surface area contributed by atoms with Gasteiger partial charge in [0.2, 0.25) is 0 Å². The second kappa shape index (κ2) is 6.52. The van der Waals surface area contributed by atoms with Crippen molar-refractivity contribution in [2.75, 3.05) is 11.9 Å². The fraction of sp³-hybridized carbons (Fsp3) is 0.250. The fourth-order valence-electron chi connectivity index (χ4n) is 2.13. The molecule has 1 nitrogen and oxygen atoms in total. The van der Waals surface area contributed by atoms with Gasteiger partial charge in [-0.05, 0) is 42.7 Å². The van der Waals surface area contributed by atoms with E-state index in [0.717, 1.165) is 17.2 Å². The summed E-state index contributed by atoms with van der Waals surface area (Å²) < 4.78 is 39.4. The Morgan fingerprint density at radius 3 is 2.48 bits per heavy atom. The van der Waals surface area contributed by atoms with Gasteiger partial charge in [-0.15, -0.1) is 0 Å². The first kappa shape index (κ1) is 15.9. The Bertz CT molecular complexity index is 623. The molecule has 0 aliphatic rings. The van der Waals surface area contributed by atoms with E-state index in [1.54, 1.807) is 6.07 Å². The molecule has 5 heteroatoms. The Morgan fingerprint density at radius 2 is 1.81 bits per heavy atom. The molecule has 0 fully saturated rings. The van der Waals surface area contributed by atoms with Gasteiger partial charge in [0.25, 0.3) is 0 Å². The topological polar surface area (TPSA) is 12.0 Å². The summed E-state index contributed by atoms with van der Waals surface area (Å²) in [5, 5.41) is 2.88. The second-order valence-corrected chi connectivity index (χ2v) is 5.71. The minimum atomic E-state index is -4.37. The van der Waals surface area contributed by atoms with E-state index in [0.29, 0.717) is 17.4 Å².